The molecule has 2 heterocycles. The Morgan fingerprint density at radius 3 is 2.11 bits per heavy atom. The van der Waals surface area contributed by atoms with Gasteiger partial charge in [0.1, 0.15) is 5.52 Å². The maximum atomic E-state index is 12.9. The van der Waals surface area contributed by atoms with Crippen molar-refractivity contribution in [3.05, 3.63) is 101 Å². The Labute approximate surface area is 161 Å². The molecule has 4 heteroatoms. The Balaban J connectivity index is 2.00. The Bertz CT molecular complexity index is 1370. The highest BCUT2D eigenvalue weighted by molar-refractivity contribution is 5.81. The van der Waals surface area contributed by atoms with Crippen LogP contribution in [0.5, 0.6) is 5.75 Å². The van der Waals surface area contributed by atoms with Gasteiger partial charge in [0.15, 0.2) is 5.75 Å². The van der Waals surface area contributed by atoms with Gasteiger partial charge in [-0.15, -0.1) is 4.40 Å². The van der Waals surface area contributed by atoms with Crippen LogP contribution in [0.2, 0.25) is 0 Å². The number of phenolic OH excluding ortho intramolecular Hbond substituents is 1. The zero-order valence-electron chi connectivity index (χ0n) is 15.0. The number of aromatic nitrogens is 2. The van der Waals surface area contributed by atoms with Crippen LogP contribution in [0.1, 0.15) is 0 Å². The van der Waals surface area contributed by atoms with Gasteiger partial charge in [-0.2, -0.15) is 0 Å². The summed E-state index contributed by atoms with van der Waals surface area (Å²) in [5, 5.41) is 10.6. The van der Waals surface area contributed by atoms with E-state index in [1.165, 1.54) is 0 Å². The van der Waals surface area contributed by atoms with Gasteiger partial charge < -0.3 is 10.1 Å². The molecular formula is C24H17N2O2+. The number of benzene rings is 3. The van der Waals surface area contributed by atoms with Crippen LogP contribution in [0.4, 0.5) is 0 Å². The van der Waals surface area contributed by atoms with Crippen LogP contribution in [-0.2, 0) is 0 Å². The van der Waals surface area contributed by atoms with Gasteiger partial charge in [0, 0.05) is 17.7 Å². The van der Waals surface area contributed by atoms with Gasteiger partial charge in [0.2, 0.25) is 5.69 Å². The quantitative estimate of drug-likeness (QED) is 0.362. The number of nitrogens with zero attached hydrogens (tertiary/aromatic N) is 1. The number of hydrogen-bond acceptors (Lipinski definition) is 2. The van der Waals surface area contributed by atoms with E-state index in [9.17, 15) is 9.90 Å². The molecule has 4 nitrogen and oxygen atoms in total. The van der Waals surface area contributed by atoms with E-state index in [1.54, 1.807) is 18.2 Å². The molecule has 2 N–H and O–H groups in total. The monoisotopic (exact) mass is 365 g/mol. The molecule has 0 radical (unpaired) electrons. The van der Waals surface area contributed by atoms with Crippen molar-refractivity contribution in [2.45, 2.75) is 0 Å². The van der Waals surface area contributed by atoms with Crippen molar-refractivity contribution in [3.8, 4) is 28.1 Å². The molecule has 0 atom stereocenters. The summed E-state index contributed by atoms with van der Waals surface area (Å²) in [6.45, 7) is 0. The average molecular weight is 365 g/mol. The van der Waals surface area contributed by atoms with Gasteiger partial charge in [0.05, 0.1) is 0 Å². The van der Waals surface area contributed by atoms with Gasteiger partial charge in [-0.3, -0.25) is 4.79 Å². The Morgan fingerprint density at radius 2 is 1.39 bits per heavy atom. The molecule has 0 saturated heterocycles. The summed E-state index contributed by atoms with van der Waals surface area (Å²) in [6.07, 6.45) is 0. The fraction of sp³-hybridized carbons (Fsp3) is 0. The number of aromatic hydroxyl groups is 1. The molecule has 0 bridgehead atoms. The molecule has 0 spiro atoms. The second-order valence-corrected chi connectivity index (χ2v) is 6.71. The van der Waals surface area contributed by atoms with Crippen LogP contribution in [-0.4, -0.2) is 10.1 Å². The number of fused-ring (bicyclic) bond motifs is 3. The van der Waals surface area contributed by atoms with Crippen LogP contribution >= 0.6 is 0 Å². The van der Waals surface area contributed by atoms with Gasteiger partial charge in [0.25, 0.3) is 11.0 Å². The Hall–Kier alpha value is -3.92. The molecule has 134 valence electrons. The Morgan fingerprint density at radius 1 is 0.714 bits per heavy atom. The predicted octanol–water partition coefficient (Wildman–Crippen LogP) is 4.31. The van der Waals surface area contributed by atoms with E-state index in [-0.39, 0.29) is 11.3 Å². The molecule has 0 aliphatic rings. The fourth-order valence-electron chi connectivity index (χ4n) is 3.68. The highest BCUT2D eigenvalue weighted by Crippen LogP contribution is 2.27. The van der Waals surface area contributed by atoms with E-state index in [0.717, 1.165) is 22.4 Å². The summed E-state index contributed by atoms with van der Waals surface area (Å²) in [6, 6.07) is 28.9. The van der Waals surface area contributed by atoms with Crippen molar-refractivity contribution >= 4 is 16.6 Å². The average Bonchev–Trinajstić information content (AvgIpc) is 2.74. The van der Waals surface area contributed by atoms with E-state index in [2.05, 4.69) is 11.1 Å². The SMILES string of the molecule is O=c1[nH]c2cccc(O)c2[n+]2c(-c3ccccc3)cc(-c3ccccc3)cc12. The summed E-state index contributed by atoms with van der Waals surface area (Å²) in [7, 11) is 0. The molecule has 28 heavy (non-hydrogen) atoms. The lowest BCUT2D eigenvalue weighted by Gasteiger charge is -2.08. The van der Waals surface area contributed by atoms with Gasteiger partial charge in [-0.25, -0.2) is 0 Å². The normalized spacial score (nSPS) is 11.1. The molecule has 0 aliphatic heterocycles. The molecule has 0 saturated carbocycles. The standard InChI is InChI=1S/C24H16N2O2/c27-22-13-7-12-19-23(22)26-20(17-10-5-2-6-11-17)14-18(15-21(26)24(28)25-19)16-8-3-1-4-9-16/h1-15H,(H-,25,27,28)/p+1. The third kappa shape index (κ3) is 2.55. The summed E-state index contributed by atoms with van der Waals surface area (Å²) in [4.78, 5) is 15.8. The van der Waals surface area contributed by atoms with Crippen LogP contribution < -0.4 is 9.96 Å². The smallest absolute Gasteiger partial charge is 0.321 e. The van der Waals surface area contributed by atoms with Crippen molar-refractivity contribution in [3.63, 3.8) is 0 Å². The van der Waals surface area contributed by atoms with Gasteiger partial charge >= 0.3 is 5.56 Å². The number of para-hydroxylation sites is 1. The van der Waals surface area contributed by atoms with Crippen LogP contribution in [0.3, 0.4) is 0 Å². The van der Waals surface area contributed by atoms with Crippen molar-refractivity contribution in [2.75, 3.05) is 0 Å². The van der Waals surface area contributed by atoms with E-state index in [0.29, 0.717) is 16.6 Å². The predicted molar refractivity (Wildman–Crippen MR) is 110 cm³/mol. The summed E-state index contributed by atoms with van der Waals surface area (Å²) < 4.78 is 1.84. The molecule has 2 aromatic heterocycles. The summed E-state index contributed by atoms with van der Waals surface area (Å²) in [5.41, 5.74) is 5.23. The first-order chi connectivity index (χ1) is 13.7. The molecular weight excluding hydrogens is 348 g/mol. The molecule has 0 fully saturated rings. The lowest BCUT2D eigenvalue weighted by molar-refractivity contribution is -0.470. The second-order valence-electron chi connectivity index (χ2n) is 6.71. The molecule has 0 amide bonds. The minimum Gasteiger partial charge on any atom is -0.502 e. The van der Waals surface area contributed by atoms with E-state index < -0.39 is 0 Å². The third-order valence-corrected chi connectivity index (χ3v) is 4.96. The zero-order chi connectivity index (χ0) is 19.1. The largest absolute Gasteiger partial charge is 0.502 e. The summed E-state index contributed by atoms with van der Waals surface area (Å²) in [5.74, 6) is 0.119. The topological polar surface area (TPSA) is 57.2 Å². The number of pyridine rings is 1. The van der Waals surface area contributed by atoms with Crippen LogP contribution in [0.25, 0.3) is 38.9 Å². The van der Waals surface area contributed by atoms with Gasteiger partial charge in [-0.05, 0) is 35.4 Å². The van der Waals surface area contributed by atoms with Gasteiger partial charge in [-0.1, -0.05) is 54.6 Å². The highest BCUT2D eigenvalue weighted by Gasteiger charge is 2.23. The number of hydrogen-bond donors (Lipinski definition) is 2. The third-order valence-electron chi connectivity index (χ3n) is 4.96. The Kier molecular flexibility index (Phi) is 3.69. The fourth-order valence-corrected chi connectivity index (χ4v) is 3.68. The molecule has 0 unspecified atom stereocenters. The number of aromatic amines is 1. The number of rotatable bonds is 2. The highest BCUT2D eigenvalue weighted by atomic mass is 16.3. The first-order valence-electron chi connectivity index (χ1n) is 9.07. The van der Waals surface area contributed by atoms with E-state index in [4.69, 9.17) is 0 Å². The number of nitrogens with one attached hydrogen (secondary N) is 1. The van der Waals surface area contributed by atoms with Crippen molar-refractivity contribution < 1.29 is 9.51 Å². The molecule has 5 aromatic rings. The maximum absolute atomic E-state index is 12.9. The van der Waals surface area contributed by atoms with E-state index in [1.807, 2.05) is 71.1 Å². The molecule has 0 aliphatic carbocycles. The van der Waals surface area contributed by atoms with Crippen molar-refractivity contribution in [2.24, 2.45) is 0 Å². The zero-order valence-corrected chi connectivity index (χ0v) is 15.0. The molecule has 3 aromatic carbocycles. The van der Waals surface area contributed by atoms with E-state index >= 15 is 0 Å². The minimum atomic E-state index is -0.201. The van der Waals surface area contributed by atoms with Crippen molar-refractivity contribution in [1.29, 1.82) is 0 Å². The lowest BCUT2D eigenvalue weighted by atomic mass is 10.0. The second kappa shape index (κ2) is 6.35. The molecule has 5 rings (SSSR count). The maximum Gasteiger partial charge on any atom is 0.321 e. The lowest BCUT2D eigenvalue weighted by Crippen LogP contribution is -2.33. The first kappa shape index (κ1) is 16.3. The van der Waals surface area contributed by atoms with Crippen LogP contribution in [0, 0.1) is 0 Å². The minimum absolute atomic E-state index is 0.119. The summed E-state index contributed by atoms with van der Waals surface area (Å²) >= 11 is 0. The van der Waals surface area contributed by atoms with Crippen LogP contribution in [0.15, 0.2) is 95.8 Å². The number of H-pyrrole nitrogens is 1. The number of phenols is 1. The van der Waals surface area contributed by atoms with Crippen molar-refractivity contribution in [1.82, 2.24) is 4.98 Å². The first-order valence-corrected chi connectivity index (χ1v) is 9.07.